The van der Waals surface area contributed by atoms with Gasteiger partial charge in [-0.25, -0.2) is 0 Å². The van der Waals surface area contributed by atoms with Crippen LogP contribution in [0.5, 0.6) is 0 Å². The van der Waals surface area contributed by atoms with Gasteiger partial charge in [-0.15, -0.1) is 11.3 Å². The molecular formula is C13H16BrNOS. The Hall–Kier alpha value is -0.580. The second-order valence-electron chi connectivity index (χ2n) is 4.13. The van der Waals surface area contributed by atoms with Gasteiger partial charge < -0.3 is 9.73 Å². The van der Waals surface area contributed by atoms with E-state index >= 15 is 0 Å². The van der Waals surface area contributed by atoms with E-state index in [1.54, 1.807) is 17.6 Å². The number of thiophene rings is 1. The lowest BCUT2D eigenvalue weighted by Crippen LogP contribution is -2.25. The third kappa shape index (κ3) is 4.30. The lowest BCUT2D eigenvalue weighted by Gasteiger charge is -2.11. The Morgan fingerprint density at radius 3 is 3.06 bits per heavy atom. The van der Waals surface area contributed by atoms with Crippen molar-refractivity contribution in [3.63, 3.8) is 0 Å². The second kappa shape index (κ2) is 6.38. The van der Waals surface area contributed by atoms with Crippen LogP contribution in [0.15, 0.2) is 38.7 Å². The molecule has 0 aliphatic rings. The zero-order valence-electron chi connectivity index (χ0n) is 9.78. The van der Waals surface area contributed by atoms with E-state index in [0.717, 1.165) is 25.1 Å². The Kier molecular flexibility index (Phi) is 4.83. The molecule has 0 aromatic carbocycles. The van der Waals surface area contributed by atoms with Crippen LogP contribution in [0.3, 0.4) is 0 Å². The number of hydrogen-bond acceptors (Lipinski definition) is 3. The molecular weight excluding hydrogens is 298 g/mol. The summed E-state index contributed by atoms with van der Waals surface area (Å²) >= 11 is 5.25. The van der Waals surface area contributed by atoms with Gasteiger partial charge in [0.05, 0.1) is 6.26 Å². The van der Waals surface area contributed by atoms with Gasteiger partial charge in [-0.1, -0.05) is 0 Å². The molecule has 2 aromatic rings. The molecule has 1 N–H and O–H groups in total. The Labute approximate surface area is 114 Å². The highest BCUT2D eigenvalue weighted by atomic mass is 79.9. The summed E-state index contributed by atoms with van der Waals surface area (Å²) in [5.41, 5.74) is 0. The first-order valence-corrected chi connectivity index (χ1v) is 7.40. The van der Waals surface area contributed by atoms with Crippen molar-refractivity contribution < 1.29 is 4.42 Å². The van der Waals surface area contributed by atoms with Gasteiger partial charge >= 0.3 is 0 Å². The van der Waals surface area contributed by atoms with Crippen molar-refractivity contribution in [3.05, 3.63) is 45.0 Å². The molecule has 0 fully saturated rings. The molecule has 0 spiro atoms. The van der Waals surface area contributed by atoms with E-state index in [1.165, 1.54) is 9.35 Å². The average Bonchev–Trinajstić information content (AvgIpc) is 2.95. The van der Waals surface area contributed by atoms with E-state index in [1.807, 2.05) is 12.1 Å². The molecule has 0 saturated carbocycles. The number of nitrogens with one attached hydrogen (secondary N) is 1. The Morgan fingerprint density at radius 2 is 2.41 bits per heavy atom. The number of aryl methyl sites for hydroxylation is 1. The molecule has 92 valence electrons. The van der Waals surface area contributed by atoms with Gasteiger partial charge in [0.1, 0.15) is 5.76 Å². The summed E-state index contributed by atoms with van der Waals surface area (Å²) in [6, 6.07) is 6.64. The van der Waals surface area contributed by atoms with Crippen molar-refractivity contribution in [1.29, 1.82) is 0 Å². The molecule has 2 rings (SSSR count). The molecule has 17 heavy (non-hydrogen) atoms. The Balaban J connectivity index is 1.69. The third-order valence-electron chi connectivity index (χ3n) is 2.65. The number of furan rings is 1. The van der Waals surface area contributed by atoms with Crippen molar-refractivity contribution in [1.82, 2.24) is 5.32 Å². The maximum atomic E-state index is 5.32. The molecule has 0 amide bonds. The van der Waals surface area contributed by atoms with Crippen molar-refractivity contribution in [3.8, 4) is 0 Å². The predicted octanol–water partition coefficient (Wildman–Crippen LogP) is 4.21. The van der Waals surface area contributed by atoms with Crippen LogP contribution >= 0.6 is 27.3 Å². The Morgan fingerprint density at radius 1 is 1.53 bits per heavy atom. The van der Waals surface area contributed by atoms with Crippen molar-refractivity contribution in [2.24, 2.45) is 0 Å². The van der Waals surface area contributed by atoms with Crippen molar-refractivity contribution in [2.45, 2.75) is 32.4 Å². The van der Waals surface area contributed by atoms with Gasteiger partial charge in [0, 0.05) is 33.7 Å². The molecule has 0 aliphatic carbocycles. The minimum absolute atomic E-state index is 0.501. The quantitative estimate of drug-likeness (QED) is 0.864. The Bertz CT molecular complexity index is 438. The highest BCUT2D eigenvalue weighted by Crippen LogP contribution is 2.19. The van der Waals surface area contributed by atoms with E-state index in [-0.39, 0.29) is 0 Å². The fourth-order valence-electron chi connectivity index (χ4n) is 1.64. The van der Waals surface area contributed by atoms with E-state index in [4.69, 9.17) is 4.42 Å². The van der Waals surface area contributed by atoms with Crippen LogP contribution in [-0.2, 0) is 13.0 Å². The molecule has 1 unspecified atom stereocenters. The minimum Gasteiger partial charge on any atom is -0.469 e. The van der Waals surface area contributed by atoms with Crippen LogP contribution in [0, 0.1) is 0 Å². The first-order valence-electron chi connectivity index (χ1n) is 5.72. The van der Waals surface area contributed by atoms with Crippen LogP contribution in [0.4, 0.5) is 0 Å². The zero-order valence-corrected chi connectivity index (χ0v) is 12.2. The number of rotatable bonds is 6. The van der Waals surface area contributed by atoms with Gasteiger partial charge in [0.25, 0.3) is 0 Å². The topological polar surface area (TPSA) is 25.2 Å². The zero-order chi connectivity index (χ0) is 12.1. The summed E-state index contributed by atoms with van der Waals surface area (Å²) in [5.74, 6) is 1.07. The fraction of sp³-hybridized carbons (Fsp3) is 0.385. The number of halogens is 1. The third-order valence-corrected chi connectivity index (χ3v) is 4.35. The maximum absolute atomic E-state index is 5.32. The molecule has 4 heteroatoms. The van der Waals surface area contributed by atoms with Crippen LogP contribution < -0.4 is 5.32 Å². The largest absolute Gasteiger partial charge is 0.469 e. The summed E-state index contributed by atoms with van der Waals surface area (Å²) in [5, 5.41) is 5.64. The first kappa shape index (κ1) is 12.9. The van der Waals surface area contributed by atoms with Crippen LogP contribution in [0.2, 0.25) is 0 Å². The van der Waals surface area contributed by atoms with Crippen LogP contribution in [0.25, 0.3) is 0 Å². The summed E-state index contributed by atoms with van der Waals surface area (Å²) in [7, 11) is 0. The van der Waals surface area contributed by atoms with Gasteiger partial charge in [0.2, 0.25) is 0 Å². The fourth-order valence-corrected chi connectivity index (χ4v) is 3.04. The maximum Gasteiger partial charge on any atom is 0.103 e. The van der Waals surface area contributed by atoms with E-state index in [0.29, 0.717) is 6.04 Å². The molecule has 2 nitrogen and oxygen atoms in total. The van der Waals surface area contributed by atoms with Crippen molar-refractivity contribution in [2.75, 3.05) is 0 Å². The van der Waals surface area contributed by atoms with E-state index < -0.39 is 0 Å². The SMILES string of the molecule is CC(CCc1ccco1)NCc1cc(Br)cs1. The highest BCUT2D eigenvalue weighted by Gasteiger charge is 2.04. The monoisotopic (exact) mass is 313 g/mol. The average molecular weight is 314 g/mol. The summed E-state index contributed by atoms with van der Waals surface area (Å²) in [4.78, 5) is 1.36. The van der Waals surface area contributed by atoms with E-state index in [2.05, 4.69) is 39.6 Å². The molecule has 2 aromatic heterocycles. The molecule has 2 heterocycles. The lowest BCUT2D eigenvalue weighted by molar-refractivity contribution is 0.461. The molecule has 0 radical (unpaired) electrons. The van der Waals surface area contributed by atoms with Gasteiger partial charge in [-0.05, 0) is 47.5 Å². The van der Waals surface area contributed by atoms with E-state index in [9.17, 15) is 0 Å². The van der Waals surface area contributed by atoms with Crippen LogP contribution in [-0.4, -0.2) is 6.04 Å². The predicted molar refractivity (Wildman–Crippen MR) is 75.3 cm³/mol. The van der Waals surface area contributed by atoms with Crippen molar-refractivity contribution >= 4 is 27.3 Å². The molecule has 0 aliphatic heterocycles. The van der Waals surface area contributed by atoms with Crippen LogP contribution in [0.1, 0.15) is 24.0 Å². The molecule has 0 saturated heterocycles. The second-order valence-corrected chi connectivity index (χ2v) is 6.04. The normalized spacial score (nSPS) is 12.8. The first-order chi connectivity index (χ1) is 8.24. The standard InChI is InChI=1S/C13H16BrNOS/c1-10(4-5-12-3-2-6-16-12)15-8-13-7-11(14)9-17-13/h2-3,6-7,9-10,15H,4-5,8H2,1H3. The summed E-state index contributed by atoms with van der Waals surface area (Å²) in [6.07, 6.45) is 3.83. The molecule has 1 atom stereocenters. The summed E-state index contributed by atoms with van der Waals surface area (Å²) in [6.45, 7) is 3.15. The van der Waals surface area contributed by atoms with Gasteiger partial charge in [-0.3, -0.25) is 0 Å². The smallest absolute Gasteiger partial charge is 0.103 e. The molecule has 0 bridgehead atoms. The van der Waals surface area contributed by atoms with Gasteiger partial charge in [-0.2, -0.15) is 0 Å². The summed E-state index contributed by atoms with van der Waals surface area (Å²) < 4.78 is 6.49. The minimum atomic E-state index is 0.501. The lowest BCUT2D eigenvalue weighted by atomic mass is 10.1. The number of hydrogen-bond donors (Lipinski definition) is 1. The highest BCUT2D eigenvalue weighted by molar-refractivity contribution is 9.10. The van der Waals surface area contributed by atoms with Gasteiger partial charge in [0.15, 0.2) is 0 Å².